The number of aromatic nitrogens is 4. The highest BCUT2D eigenvalue weighted by Gasteiger charge is 2.46. The summed E-state index contributed by atoms with van der Waals surface area (Å²) in [7, 11) is -1.20. The van der Waals surface area contributed by atoms with Gasteiger partial charge in [-0.05, 0) is 54.8 Å². The lowest BCUT2D eigenvalue weighted by molar-refractivity contribution is 0.0932. The van der Waals surface area contributed by atoms with Crippen LogP contribution in [0.1, 0.15) is 28.8 Å². The summed E-state index contributed by atoms with van der Waals surface area (Å²) in [6, 6.07) is 9.58. The molecule has 1 amide bonds. The molecular weight excluding hydrogens is 417 g/mol. The first-order valence-corrected chi connectivity index (χ1v) is 11.2. The van der Waals surface area contributed by atoms with E-state index in [2.05, 4.69) is 20.4 Å². The van der Waals surface area contributed by atoms with Crippen molar-refractivity contribution in [3.63, 3.8) is 0 Å². The molecule has 5 rings (SSSR count). The monoisotopic (exact) mass is 435 g/mol. The third-order valence-electron chi connectivity index (χ3n) is 5.50. The molecule has 1 fully saturated rings. The Morgan fingerprint density at radius 2 is 1.94 bits per heavy atom. The van der Waals surface area contributed by atoms with Crippen molar-refractivity contribution in [2.45, 2.75) is 23.4 Å². The number of benzene rings is 1. The van der Waals surface area contributed by atoms with Gasteiger partial charge in [0.05, 0.1) is 45.5 Å². The fourth-order valence-corrected chi connectivity index (χ4v) is 4.17. The van der Waals surface area contributed by atoms with Gasteiger partial charge in [-0.25, -0.2) is 14.1 Å². The first-order valence-electron chi connectivity index (χ1n) is 9.67. The minimum atomic E-state index is -1.20. The van der Waals surface area contributed by atoms with Gasteiger partial charge in [0, 0.05) is 24.0 Å². The number of carbonyl (C=O) groups excluding carboxylic acids is 1. The third-order valence-corrected chi connectivity index (χ3v) is 6.31. The molecule has 1 aliphatic rings. The Labute approximate surface area is 179 Å². The molecule has 1 N–H and O–H groups in total. The largest absolute Gasteiger partial charge is 0.342 e. The molecule has 1 aromatic carbocycles. The van der Waals surface area contributed by atoms with Crippen molar-refractivity contribution >= 4 is 27.6 Å². The van der Waals surface area contributed by atoms with Gasteiger partial charge in [0.1, 0.15) is 10.8 Å². The summed E-state index contributed by atoms with van der Waals surface area (Å²) >= 11 is 0. The fourth-order valence-electron chi connectivity index (χ4n) is 3.67. The van der Waals surface area contributed by atoms with Gasteiger partial charge in [-0.2, -0.15) is 5.10 Å². The van der Waals surface area contributed by atoms with Crippen LogP contribution in [0, 0.1) is 5.82 Å². The van der Waals surface area contributed by atoms with E-state index < -0.39 is 16.3 Å². The SMILES string of the molecule is CS(=O)c1cc(C2(NC(=O)c3cncc4c3cnn4-c3ccc(F)cc3)CC2)ccn1. The Balaban J connectivity index is 1.47. The first-order chi connectivity index (χ1) is 15.0. The van der Waals surface area contributed by atoms with E-state index in [1.807, 2.05) is 6.07 Å². The number of nitrogens with one attached hydrogen (secondary N) is 1. The van der Waals surface area contributed by atoms with E-state index in [1.54, 1.807) is 47.7 Å². The highest BCUT2D eigenvalue weighted by Crippen LogP contribution is 2.46. The Morgan fingerprint density at radius 3 is 2.65 bits per heavy atom. The molecule has 9 heteroatoms. The summed E-state index contributed by atoms with van der Waals surface area (Å²) < 4.78 is 26.7. The van der Waals surface area contributed by atoms with Gasteiger partial charge in [-0.3, -0.25) is 14.0 Å². The number of nitrogens with zero attached hydrogens (tertiary/aromatic N) is 4. The predicted molar refractivity (Wildman–Crippen MR) is 114 cm³/mol. The molecule has 4 aromatic rings. The molecule has 7 nitrogen and oxygen atoms in total. The quantitative estimate of drug-likeness (QED) is 0.520. The third kappa shape index (κ3) is 3.50. The van der Waals surface area contributed by atoms with Crippen molar-refractivity contribution in [2.75, 3.05) is 6.26 Å². The second kappa shape index (κ2) is 7.35. The summed E-state index contributed by atoms with van der Waals surface area (Å²) in [5.74, 6) is -0.593. The molecule has 0 bridgehead atoms. The summed E-state index contributed by atoms with van der Waals surface area (Å²) in [6.07, 6.45) is 9.53. The lowest BCUT2D eigenvalue weighted by Gasteiger charge is -2.18. The van der Waals surface area contributed by atoms with E-state index in [4.69, 9.17) is 0 Å². The summed E-state index contributed by atoms with van der Waals surface area (Å²) in [5.41, 5.74) is 2.13. The number of pyridine rings is 2. The zero-order valence-electron chi connectivity index (χ0n) is 16.6. The van der Waals surface area contributed by atoms with Crippen LogP contribution in [0.5, 0.6) is 0 Å². The van der Waals surface area contributed by atoms with Crippen LogP contribution >= 0.6 is 0 Å². The molecule has 1 aliphatic carbocycles. The summed E-state index contributed by atoms with van der Waals surface area (Å²) in [5, 5.41) is 8.63. The van der Waals surface area contributed by atoms with E-state index in [1.165, 1.54) is 18.3 Å². The topological polar surface area (TPSA) is 89.8 Å². The van der Waals surface area contributed by atoms with Crippen molar-refractivity contribution in [3.05, 3.63) is 78.1 Å². The smallest absolute Gasteiger partial charge is 0.254 e. The Hall–Kier alpha value is -3.46. The van der Waals surface area contributed by atoms with Gasteiger partial charge < -0.3 is 5.32 Å². The van der Waals surface area contributed by atoms with E-state index in [0.717, 1.165) is 18.4 Å². The number of hydrogen-bond acceptors (Lipinski definition) is 5. The van der Waals surface area contributed by atoms with Crippen molar-refractivity contribution in [1.82, 2.24) is 25.1 Å². The molecule has 3 heterocycles. The molecule has 1 atom stereocenters. The molecule has 0 saturated heterocycles. The van der Waals surface area contributed by atoms with Crippen LogP contribution in [-0.4, -0.2) is 36.1 Å². The number of rotatable bonds is 5. The highest BCUT2D eigenvalue weighted by atomic mass is 32.2. The standard InChI is InChI=1S/C22H18FN5O2S/c1-31(30)20-10-14(6-9-25-20)22(7-8-22)27-21(29)18-11-24-13-19-17(18)12-26-28(19)16-4-2-15(23)3-5-16/h2-6,9-13H,7-8H2,1H3,(H,27,29). The number of amides is 1. The maximum absolute atomic E-state index is 13.3. The Morgan fingerprint density at radius 1 is 1.16 bits per heavy atom. The van der Waals surface area contributed by atoms with Crippen molar-refractivity contribution in [2.24, 2.45) is 0 Å². The van der Waals surface area contributed by atoms with Crippen LogP contribution < -0.4 is 5.32 Å². The second-order valence-electron chi connectivity index (χ2n) is 7.53. The van der Waals surface area contributed by atoms with Gasteiger partial charge in [-0.15, -0.1) is 0 Å². The predicted octanol–water partition coefficient (Wildman–Crippen LogP) is 3.11. The lowest BCUT2D eigenvalue weighted by atomic mass is 10.1. The number of halogens is 1. The minimum absolute atomic E-state index is 0.259. The Bertz CT molecular complexity index is 1330. The second-order valence-corrected chi connectivity index (χ2v) is 8.85. The lowest BCUT2D eigenvalue weighted by Crippen LogP contribution is -2.35. The minimum Gasteiger partial charge on any atom is -0.342 e. The zero-order valence-corrected chi connectivity index (χ0v) is 17.4. The average molecular weight is 435 g/mol. The average Bonchev–Trinajstić information content (AvgIpc) is 3.43. The molecule has 0 aliphatic heterocycles. The van der Waals surface area contributed by atoms with E-state index in [0.29, 0.717) is 27.2 Å². The van der Waals surface area contributed by atoms with E-state index in [-0.39, 0.29) is 11.7 Å². The van der Waals surface area contributed by atoms with Crippen LogP contribution in [0.3, 0.4) is 0 Å². The normalized spacial score (nSPS) is 15.5. The molecule has 3 aromatic heterocycles. The number of fused-ring (bicyclic) bond motifs is 1. The maximum Gasteiger partial charge on any atom is 0.254 e. The van der Waals surface area contributed by atoms with E-state index in [9.17, 15) is 13.4 Å². The van der Waals surface area contributed by atoms with Crippen LogP contribution in [0.25, 0.3) is 16.6 Å². The zero-order chi connectivity index (χ0) is 21.6. The van der Waals surface area contributed by atoms with Crippen LogP contribution in [0.2, 0.25) is 0 Å². The van der Waals surface area contributed by atoms with Gasteiger partial charge in [-0.1, -0.05) is 0 Å². The van der Waals surface area contributed by atoms with Crippen molar-refractivity contribution < 1.29 is 13.4 Å². The van der Waals surface area contributed by atoms with Gasteiger partial charge in [0.15, 0.2) is 0 Å². The van der Waals surface area contributed by atoms with Gasteiger partial charge >= 0.3 is 0 Å². The molecular formula is C22H18FN5O2S. The fraction of sp³-hybridized carbons (Fsp3) is 0.182. The van der Waals surface area contributed by atoms with Crippen LogP contribution in [0.4, 0.5) is 4.39 Å². The van der Waals surface area contributed by atoms with Crippen LogP contribution in [0.15, 0.2) is 66.2 Å². The molecule has 1 saturated carbocycles. The van der Waals surface area contributed by atoms with Gasteiger partial charge in [0.25, 0.3) is 5.91 Å². The molecule has 0 spiro atoms. The highest BCUT2D eigenvalue weighted by molar-refractivity contribution is 7.84. The van der Waals surface area contributed by atoms with E-state index >= 15 is 0 Å². The van der Waals surface area contributed by atoms with Crippen molar-refractivity contribution in [1.29, 1.82) is 0 Å². The molecule has 1 unspecified atom stereocenters. The maximum atomic E-state index is 13.3. The first kappa shape index (κ1) is 19.5. The Kier molecular flexibility index (Phi) is 4.62. The van der Waals surface area contributed by atoms with Crippen molar-refractivity contribution in [3.8, 4) is 5.69 Å². The molecule has 31 heavy (non-hydrogen) atoms. The van der Waals surface area contributed by atoms with Crippen LogP contribution in [-0.2, 0) is 16.3 Å². The van der Waals surface area contributed by atoms with Gasteiger partial charge in [0.2, 0.25) is 0 Å². The summed E-state index contributed by atoms with van der Waals surface area (Å²) in [4.78, 5) is 21.5. The number of hydrogen-bond donors (Lipinski definition) is 1. The summed E-state index contributed by atoms with van der Waals surface area (Å²) in [6.45, 7) is 0. The molecule has 156 valence electrons. The number of carbonyl (C=O) groups is 1. The molecule has 0 radical (unpaired) electrons.